The number of morpholine rings is 1. The SMILES string of the molecule is Cc1cccc(C(C)(C)CNC(=O)C2COCCN2)c1. The van der Waals surface area contributed by atoms with Crippen LogP contribution in [0.4, 0.5) is 0 Å². The Kier molecular flexibility index (Phi) is 4.78. The highest BCUT2D eigenvalue weighted by Gasteiger charge is 2.25. The minimum atomic E-state index is -0.225. The molecule has 1 saturated heterocycles. The number of benzene rings is 1. The predicted molar refractivity (Wildman–Crippen MR) is 79.8 cm³/mol. The van der Waals surface area contributed by atoms with Gasteiger partial charge in [0.2, 0.25) is 5.91 Å². The van der Waals surface area contributed by atoms with E-state index in [9.17, 15) is 4.79 Å². The van der Waals surface area contributed by atoms with Gasteiger partial charge in [0, 0.05) is 18.5 Å². The molecule has 1 aromatic rings. The van der Waals surface area contributed by atoms with E-state index in [2.05, 4.69) is 55.7 Å². The standard InChI is InChI=1S/C16H24N2O2/c1-12-5-4-6-13(9-12)16(2,3)11-18-15(19)14-10-20-8-7-17-14/h4-6,9,14,17H,7-8,10-11H2,1-3H3,(H,18,19). The maximum Gasteiger partial charge on any atom is 0.239 e. The Morgan fingerprint density at radius 3 is 2.95 bits per heavy atom. The third-order valence-electron chi connectivity index (χ3n) is 3.74. The predicted octanol–water partition coefficient (Wildman–Crippen LogP) is 1.38. The van der Waals surface area contributed by atoms with Crippen molar-refractivity contribution in [2.24, 2.45) is 0 Å². The summed E-state index contributed by atoms with van der Waals surface area (Å²) in [6.45, 7) is 8.86. The van der Waals surface area contributed by atoms with Gasteiger partial charge in [0.1, 0.15) is 6.04 Å². The van der Waals surface area contributed by atoms with Crippen LogP contribution in [0.2, 0.25) is 0 Å². The van der Waals surface area contributed by atoms with Crippen molar-refractivity contribution in [3.8, 4) is 0 Å². The first kappa shape index (κ1) is 15.0. The Morgan fingerprint density at radius 2 is 2.30 bits per heavy atom. The molecule has 0 radical (unpaired) electrons. The Hall–Kier alpha value is -1.39. The van der Waals surface area contributed by atoms with E-state index in [4.69, 9.17) is 4.74 Å². The molecular weight excluding hydrogens is 252 g/mol. The van der Waals surface area contributed by atoms with E-state index in [0.717, 1.165) is 6.54 Å². The van der Waals surface area contributed by atoms with E-state index >= 15 is 0 Å². The van der Waals surface area contributed by atoms with Gasteiger partial charge in [0.05, 0.1) is 13.2 Å². The Morgan fingerprint density at radius 1 is 1.50 bits per heavy atom. The molecule has 2 rings (SSSR count). The Labute approximate surface area is 120 Å². The summed E-state index contributed by atoms with van der Waals surface area (Å²) in [5.41, 5.74) is 2.40. The molecule has 0 aromatic heterocycles. The lowest BCUT2D eigenvalue weighted by Gasteiger charge is -2.28. The van der Waals surface area contributed by atoms with Crippen LogP contribution >= 0.6 is 0 Å². The monoisotopic (exact) mass is 276 g/mol. The van der Waals surface area contributed by atoms with E-state index in [1.165, 1.54) is 11.1 Å². The summed E-state index contributed by atoms with van der Waals surface area (Å²) in [5, 5.41) is 6.20. The molecule has 1 aromatic carbocycles. The average molecular weight is 276 g/mol. The Balaban J connectivity index is 1.93. The van der Waals surface area contributed by atoms with Gasteiger partial charge in [-0.15, -0.1) is 0 Å². The topological polar surface area (TPSA) is 50.4 Å². The maximum atomic E-state index is 12.1. The van der Waals surface area contributed by atoms with Gasteiger partial charge in [-0.05, 0) is 12.5 Å². The first-order chi connectivity index (χ1) is 9.49. The van der Waals surface area contributed by atoms with Crippen molar-refractivity contribution in [2.45, 2.75) is 32.2 Å². The quantitative estimate of drug-likeness (QED) is 0.873. The first-order valence-corrected chi connectivity index (χ1v) is 7.15. The summed E-state index contributed by atoms with van der Waals surface area (Å²) in [5.74, 6) is 0.0189. The summed E-state index contributed by atoms with van der Waals surface area (Å²) < 4.78 is 5.31. The molecule has 20 heavy (non-hydrogen) atoms. The smallest absolute Gasteiger partial charge is 0.239 e. The van der Waals surface area contributed by atoms with Gasteiger partial charge in [-0.1, -0.05) is 43.7 Å². The normalized spacial score (nSPS) is 19.6. The van der Waals surface area contributed by atoms with Crippen LogP contribution in [0.1, 0.15) is 25.0 Å². The molecule has 1 aliphatic rings. The molecule has 1 heterocycles. The van der Waals surface area contributed by atoms with Crippen molar-refractivity contribution in [1.82, 2.24) is 10.6 Å². The fraction of sp³-hybridized carbons (Fsp3) is 0.562. The molecule has 1 aliphatic heterocycles. The number of carbonyl (C=O) groups excluding carboxylic acids is 1. The van der Waals surface area contributed by atoms with Crippen LogP contribution in [0.25, 0.3) is 0 Å². The van der Waals surface area contributed by atoms with Crippen molar-refractivity contribution in [3.63, 3.8) is 0 Å². The second kappa shape index (κ2) is 6.37. The summed E-state index contributed by atoms with van der Waals surface area (Å²) in [7, 11) is 0. The molecule has 1 unspecified atom stereocenters. The second-order valence-electron chi connectivity index (χ2n) is 6.05. The zero-order chi connectivity index (χ0) is 14.6. The molecule has 0 saturated carbocycles. The van der Waals surface area contributed by atoms with E-state index in [-0.39, 0.29) is 17.4 Å². The van der Waals surface area contributed by atoms with Crippen molar-refractivity contribution in [2.75, 3.05) is 26.3 Å². The third-order valence-corrected chi connectivity index (χ3v) is 3.74. The number of amides is 1. The lowest BCUT2D eigenvalue weighted by molar-refractivity contribution is -0.126. The van der Waals surface area contributed by atoms with Gasteiger partial charge in [-0.3, -0.25) is 4.79 Å². The van der Waals surface area contributed by atoms with Crippen LogP contribution in [-0.2, 0) is 14.9 Å². The lowest BCUT2D eigenvalue weighted by Crippen LogP contribution is -2.52. The van der Waals surface area contributed by atoms with Crippen LogP contribution in [0.15, 0.2) is 24.3 Å². The highest BCUT2D eigenvalue weighted by Crippen LogP contribution is 2.23. The molecule has 1 fully saturated rings. The second-order valence-corrected chi connectivity index (χ2v) is 6.05. The van der Waals surface area contributed by atoms with Crippen molar-refractivity contribution < 1.29 is 9.53 Å². The summed E-state index contributed by atoms with van der Waals surface area (Å²) in [6, 6.07) is 8.21. The van der Waals surface area contributed by atoms with Crippen LogP contribution in [-0.4, -0.2) is 38.3 Å². The zero-order valence-corrected chi connectivity index (χ0v) is 12.5. The number of nitrogens with one attached hydrogen (secondary N) is 2. The zero-order valence-electron chi connectivity index (χ0n) is 12.5. The molecule has 0 spiro atoms. The highest BCUT2D eigenvalue weighted by atomic mass is 16.5. The van der Waals surface area contributed by atoms with Gasteiger partial charge >= 0.3 is 0 Å². The van der Waals surface area contributed by atoms with Crippen LogP contribution in [0.3, 0.4) is 0 Å². The molecule has 1 amide bonds. The molecule has 4 nitrogen and oxygen atoms in total. The minimum absolute atomic E-state index is 0.0189. The van der Waals surface area contributed by atoms with Gasteiger partial charge < -0.3 is 15.4 Å². The molecule has 1 atom stereocenters. The molecule has 2 N–H and O–H groups in total. The first-order valence-electron chi connectivity index (χ1n) is 7.15. The molecule has 110 valence electrons. The van der Waals surface area contributed by atoms with Gasteiger partial charge in [0.25, 0.3) is 0 Å². The summed E-state index contributed by atoms with van der Waals surface area (Å²) in [6.07, 6.45) is 0. The molecule has 0 aliphatic carbocycles. The minimum Gasteiger partial charge on any atom is -0.378 e. The number of carbonyl (C=O) groups is 1. The van der Waals surface area contributed by atoms with E-state index in [1.807, 2.05) is 0 Å². The van der Waals surface area contributed by atoms with Gasteiger partial charge in [0.15, 0.2) is 0 Å². The van der Waals surface area contributed by atoms with Crippen molar-refractivity contribution in [1.29, 1.82) is 0 Å². The van der Waals surface area contributed by atoms with Gasteiger partial charge in [-0.25, -0.2) is 0 Å². The number of rotatable bonds is 4. The summed E-state index contributed by atoms with van der Waals surface area (Å²) in [4.78, 5) is 12.1. The third kappa shape index (κ3) is 3.81. The molecular formula is C16H24N2O2. The largest absolute Gasteiger partial charge is 0.378 e. The van der Waals surface area contributed by atoms with Gasteiger partial charge in [-0.2, -0.15) is 0 Å². The van der Waals surface area contributed by atoms with E-state index < -0.39 is 0 Å². The van der Waals surface area contributed by atoms with Crippen LogP contribution in [0, 0.1) is 6.92 Å². The fourth-order valence-electron chi connectivity index (χ4n) is 2.33. The van der Waals surface area contributed by atoms with Crippen LogP contribution in [0.5, 0.6) is 0 Å². The molecule has 0 bridgehead atoms. The number of hydrogen-bond donors (Lipinski definition) is 2. The van der Waals surface area contributed by atoms with Crippen molar-refractivity contribution in [3.05, 3.63) is 35.4 Å². The maximum absolute atomic E-state index is 12.1. The number of hydrogen-bond acceptors (Lipinski definition) is 3. The fourth-order valence-corrected chi connectivity index (χ4v) is 2.33. The number of ether oxygens (including phenoxy) is 1. The van der Waals surface area contributed by atoms with Crippen molar-refractivity contribution >= 4 is 5.91 Å². The van der Waals surface area contributed by atoms with E-state index in [1.54, 1.807) is 0 Å². The Bertz CT molecular complexity index is 465. The summed E-state index contributed by atoms with van der Waals surface area (Å²) >= 11 is 0. The van der Waals surface area contributed by atoms with E-state index in [0.29, 0.717) is 19.8 Å². The average Bonchev–Trinajstić information content (AvgIpc) is 2.46. The lowest BCUT2D eigenvalue weighted by atomic mass is 9.84. The van der Waals surface area contributed by atoms with Crippen LogP contribution < -0.4 is 10.6 Å². The highest BCUT2D eigenvalue weighted by molar-refractivity contribution is 5.82. The number of aryl methyl sites for hydroxylation is 1. The molecule has 4 heteroatoms.